The van der Waals surface area contributed by atoms with Crippen LogP contribution in [0.3, 0.4) is 0 Å². The summed E-state index contributed by atoms with van der Waals surface area (Å²) in [6.45, 7) is 0. The molecule has 2 nitrogen and oxygen atoms in total. The van der Waals surface area contributed by atoms with E-state index in [1.165, 1.54) is 0 Å². The lowest BCUT2D eigenvalue weighted by atomic mass is 11.6. The molecule has 0 saturated heterocycles. The molecule has 0 amide bonds. The van der Waals surface area contributed by atoms with Gasteiger partial charge in [-0.15, -0.1) is 0 Å². The van der Waals surface area contributed by atoms with Crippen molar-refractivity contribution in [2.45, 2.75) is 0 Å². The molecule has 30 valence electrons. The van der Waals surface area contributed by atoms with Crippen molar-refractivity contribution in [3.05, 3.63) is 0 Å². The average molecular weight is 110 g/mol. The summed E-state index contributed by atoms with van der Waals surface area (Å²) in [5.41, 5.74) is -1.36. The van der Waals surface area contributed by atoms with Crippen LogP contribution in [0.4, 0.5) is 4.79 Å². The molecule has 0 bridgehead atoms. The highest BCUT2D eigenvalue weighted by molar-refractivity contribution is 6.60. The number of halogens is 1. The molecule has 5 heavy (non-hydrogen) atoms. The van der Waals surface area contributed by atoms with Gasteiger partial charge in [-0.05, 0) is 0 Å². The molecule has 0 heterocycles. The third-order valence-electron chi connectivity index (χ3n) is 0. The summed E-state index contributed by atoms with van der Waals surface area (Å²) < 4.78 is 0. The normalized spacial score (nSPS) is 5.00. The van der Waals surface area contributed by atoms with Gasteiger partial charge in [-0.25, -0.2) is 4.79 Å². The van der Waals surface area contributed by atoms with Crippen LogP contribution in [0.2, 0.25) is 0 Å². The second-order valence-electron chi connectivity index (χ2n) is 0.253. The van der Waals surface area contributed by atoms with Gasteiger partial charge in [0.25, 0.3) is 0 Å². The number of carbonyl (C=O) groups is 1. The van der Waals surface area contributed by atoms with E-state index >= 15 is 0 Å². The summed E-state index contributed by atoms with van der Waals surface area (Å²) in [4.78, 5) is 8.77. The van der Waals surface area contributed by atoms with E-state index in [-0.39, 0.29) is 17.4 Å². The predicted molar refractivity (Wildman–Crippen MR) is 23.8 cm³/mol. The van der Waals surface area contributed by atoms with E-state index in [1.54, 1.807) is 0 Å². The second kappa shape index (κ2) is 4.29. The lowest BCUT2D eigenvalue weighted by Crippen LogP contribution is -1.66. The van der Waals surface area contributed by atoms with Crippen LogP contribution in [-0.2, 0) is 0 Å². The van der Waals surface area contributed by atoms with Crippen LogP contribution in [0, 0.1) is 0 Å². The molecule has 0 rings (SSSR count). The second-order valence-corrected chi connectivity index (χ2v) is 0.576. The Morgan fingerprint density at radius 3 is 1.80 bits per heavy atom. The fourth-order valence-corrected chi connectivity index (χ4v) is 0. The summed E-state index contributed by atoms with van der Waals surface area (Å²) in [6, 6.07) is 0. The summed E-state index contributed by atoms with van der Waals surface area (Å²) in [5.74, 6) is 0. The number of rotatable bonds is 0. The van der Waals surface area contributed by atoms with Gasteiger partial charge in [0, 0.05) is 11.6 Å². The molecule has 0 radical (unpaired) electrons. The molecule has 0 aromatic rings. The topological polar surface area (TPSA) is 37.3 Å². The van der Waals surface area contributed by atoms with Gasteiger partial charge < -0.3 is 5.11 Å². The van der Waals surface area contributed by atoms with Crippen molar-refractivity contribution in [3.63, 3.8) is 0 Å². The molecular weight excluding hydrogens is 106 g/mol. The van der Waals surface area contributed by atoms with Gasteiger partial charge in [0.1, 0.15) is 0 Å². The van der Waals surface area contributed by atoms with Crippen molar-refractivity contribution in [3.8, 4) is 0 Å². The highest BCUT2D eigenvalue weighted by Gasteiger charge is 1.71. The van der Waals surface area contributed by atoms with E-state index in [1.807, 2.05) is 0 Å². The summed E-state index contributed by atoms with van der Waals surface area (Å²) in [5, 5.41) is 7.18. The average Bonchev–Trinajstić information content (AvgIpc) is 0.811. The molecule has 0 aliphatic carbocycles. The van der Waals surface area contributed by atoms with Crippen LogP contribution < -0.4 is 0 Å². The molecule has 0 aromatic heterocycles. The minimum Gasteiger partial charge on any atom is -0.469 e. The van der Waals surface area contributed by atoms with Crippen molar-refractivity contribution in [2.24, 2.45) is 0 Å². The third kappa shape index (κ3) is 264. The van der Waals surface area contributed by atoms with Crippen LogP contribution >= 0.6 is 11.6 Å². The summed E-state index contributed by atoms with van der Waals surface area (Å²) >= 11 is 4.19. The van der Waals surface area contributed by atoms with E-state index in [2.05, 4.69) is 11.6 Å². The molecular formula is CH4AlClO2. The molecule has 0 fully saturated rings. The fourth-order valence-electron chi connectivity index (χ4n) is 0. The van der Waals surface area contributed by atoms with Gasteiger partial charge in [0.05, 0.1) is 0 Å². The van der Waals surface area contributed by atoms with Crippen LogP contribution in [0.5, 0.6) is 0 Å². The van der Waals surface area contributed by atoms with Gasteiger partial charge in [-0.1, -0.05) is 0 Å². The number of hydrogen-bond donors (Lipinski definition) is 1. The molecule has 0 spiro atoms. The lowest BCUT2D eigenvalue weighted by Gasteiger charge is -1.55. The number of hydrogen-bond acceptors (Lipinski definition) is 1. The molecule has 0 atom stereocenters. The minimum atomic E-state index is -1.36. The van der Waals surface area contributed by atoms with Crippen LogP contribution in [-0.4, -0.2) is 27.9 Å². The fraction of sp³-hybridized carbons (Fsp3) is 0. The third-order valence-corrected chi connectivity index (χ3v) is 0. The standard InChI is InChI=1S/CHClO2.Al.3H/c2-1(3)4;;;;/h(H,3,4);;;;. The quantitative estimate of drug-likeness (QED) is 0.344. The van der Waals surface area contributed by atoms with Crippen LogP contribution in [0.15, 0.2) is 0 Å². The van der Waals surface area contributed by atoms with E-state index in [0.29, 0.717) is 0 Å². The Labute approximate surface area is 44.9 Å². The van der Waals surface area contributed by atoms with E-state index in [9.17, 15) is 0 Å². The Bertz CT molecular complexity index is 32.6. The highest BCUT2D eigenvalue weighted by Crippen LogP contribution is 1.67. The van der Waals surface area contributed by atoms with Crippen LogP contribution in [0.25, 0.3) is 0 Å². The Hall–Kier alpha value is 0.292. The Morgan fingerprint density at radius 1 is 1.80 bits per heavy atom. The van der Waals surface area contributed by atoms with Crippen molar-refractivity contribution in [2.75, 3.05) is 0 Å². The first-order valence-corrected chi connectivity index (χ1v) is 0.995. The molecule has 1 N–H and O–H groups in total. The molecule has 0 unspecified atom stereocenters. The minimum absolute atomic E-state index is 0. The first-order chi connectivity index (χ1) is 1.73. The zero-order valence-electron chi connectivity index (χ0n) is 1.73. The Morgan fingerprint density at radius 2 is 1.80 bits per heavy atom. The Kier molecular flexibility index (Phi) is 7.72. The van der Waals surface area contributed by atoms with Gasteiger partial charge in [0.2, 0.25) is 0 Å². The molecule has 0 saturated carbocycles. The zero-order valence-corrected chi connectivity index (χ0v) is 2.49. The van der Waals surface area contributed by atoms with Crippen molar-refractivity contribution in [1.82, 2.24) is 0 Å². The van der Waals surface area contributed by atoms with Gasteiger partial charge in [-0.3, -0.25) is 0 Å². The number of carboxylic acid groups (broad SMARTS) is 1. The van der Waals surface area contributed by atoms with Gasteiger partial charge in [-0.2, -0.15) is 0 Å². The summed E-state index contributed by atoms with van der Waals surface area (Å²) in [7, 11) is 0. The largest absolute Gasteiger partial charge is 0.469 e. The van der Waals surface area contributed by atoms with E-state index in [4.69, 9.17) is 9.90 Å². The summed E-state index contributed by atoms with van der Waals surface area (Å²) in [6.07, 6.45) is 0. The SMILES string of the molecule is O=C(O)Cl.[AlH3]. The molecule has 0 aromatic carbocycles. The van der Waals surface area contributed by atoms with E-state index < -0.39 is 5.43 Å². The first kappa shape index (κ1) is 9.00. The monoisotopic (exact) mass is 110 g/mol. The molecule has 0 aliphatic rings. The molecule has 0 aliphatic heterocycles. The van der Waals surface area contributed by atoms with Crippen molar-refractivity contribution < 1.29 is 9.90 Å². The predicted octanol–water partition coefficient (Wildman–Crippen LogP) is -0.281. The maximum absolute atomic E-state index is 8.77. The smallest absolute Gasteiger partial charge is 0.401 e. The van der Waals surface area contributed by atoms with Crippen LogP contribution in [0.1, 0.15) is 0 Å². The van der Waals surface area contributed by atoms with Gasteiger partial charge >= 0.3 is 5.43 Å². The maximum atomic E-state index is 8.77. The maximum Gasteiger partial charge on any atom is 0.401 e. The highest BCUT2D eigenvalue weighted by atomic mass is 35.5. The Balaban J connectivity index is 0. The van der Waals surface area contributed by atoms with Crippen molar-refractivity contribution >= 4 is 34.4 Å². The van der Waals surface area contributed by atoms with Gasteiger partial charge in [0.15, 0.2) is 17.4 Å². The van der Waals surface area contributed by atoms with E-state index in [0.717, 1.165) is 0 Å². The first-order valence-electron chi connectivity index (χ1n) is 0.617. The zero-order chi connectivity index (χ0) is 3.58. The van der Waals surface area contributed by atoms with Crippen molar-refractivity contribution in [1.29, 1.82) is 0 Å². The lowest BCUT2D eigenvalue weighted by molar-refractivity contribution is 0.220. The molecule has 4 heteroatoms.